The lowest BCUT2D eigenvalue weighted by Gasteiger charge is -2.60. The van der Waals surface area contributed by atoms with Gasteiger partial charge in [0.25, 0.3) is 0 Å². The molecule has 0 heterocycles. The molecule has 1 N–H and O–H groups in total. The zero-order valence-electron chi connectivity index (χ0n) is 16.5. The second-order valence-corrected chi connectivity index (χ2v) is 10.1. The molecule has 4 saturated carbocycles. The van der Waals surface area contributed by atoms with E-state index in [1.165, 1.54) is 12.8 Å². The fourth-order valence-electron chi connectivity index (χ4n) is 7.43. The molecule has 26 heavy (non-hydrogen) atoms. The van der Waals surface area contributed by atoms with Crippen LogP contribution in [0.2, 0.25) is 0 Å². The van der Waals surface area contributed by atoms with E-state index in [0.717, 1.165) is 32.1 Å². The quantitative estimate of drug-likeness (QED) is 0.839. The number of hydrogen-bond acceptors (Lipinski definition) is 4. The molecule has 4 heteroatoms. The van der Waals surface area contributed by atoms with Crippen LogP contribution in [-0.2, 0) is 14.4 Å². The molecular formula is C22H33NO3. The summed E-state index contributed by atoms with van der Waals surface area (Å²) in [6.45, 7) is 6.60. The Morgan fingerprint density at radius 3 is 2.54 bits per heavy atom. The first kappa shape index (κ1) is 18.3. The van der Waals surface area contributed by atoms with Crippen LogP contribution in [-0.4, -0.2) is 29.9 Å². The van der Waals surface area contributed by atoms with Gasteiger partial charge >= 0.3 is 0 Å². The van der Waals surface area contributed by atoms with Gasteiger partial charge in [-0.05, 0) is 73.5 Å². The summed E-state index contributed by atoms with van der Waals surface area (Å²) >= 11 is 0. The Labute approximate surface area is 156 Å². The zero-order chi connectivity index (χ0) is 18.7. The summed E-state index contributed by atoms with van der Waals surface area (Å²) in [5, 5.41) is 3.29. The second kappa shape index (κ2) is 6.25. The lowest BCUT2D eigenvalue weighted by atomic mass is 9.45. The number of fused-ring (bicyclic) bond motifs is 5. The van der Waals surface area contributed by atoms with Crippen molar-refractivity contribution in [3.8, 4) is 0 Å². The van der Waals surface area contributed by atoms with Gasteiger partial charge in [0.1, 0.15) is 11.6 Å². The summed E-state index contributed by atoms with van der Waals surface area (Å²) in [7, 11) is 0. The van der Waals surface area contributed by atoms with Gasteiger partial charge in [-0.2, -0.15) is 0 Å². The topological polar surface area (TPSA) is 63.2 Å². The van der Waals surface area contributed by atoms with Gasteiger partial charge in [0.05, 0.1) is 12.6 Å². The maximum absolute atomic E-state index is 12.8. The Bertz CT molecular complexity index is 643. The van der Waals surface area contributed by atoms with E-state index < -0.39 is 0 Å². The van der Waals surface area contributed by atoms with Gasteiger partial charge in [0.15, 0.2) is 5.78 Å². The molecule has 0 spiro atoms. The van der Waals surface area contributed by atoms with Crippen molar-refractivity contribution < 1.29 is 14.4 Å². The summed E-state index contributed by atoms with van der Waals surface area (Å²) in [6.07, 6.45) is 7.80. The van der Waals surface area contributed by atoms with Crippen molar-refractivity contribution in [3.63, 3.8) is 0 Å². The van der Waals surface area contributed by atoms with E-state index in [-0.39, 0.29) is 22.7 Å². The molecule has 144 valence electrons. The molecular weight excluding hydrogens is 326 g/mol. The molecule has 0 aliphatic heterocycles. The number of Topliss-reactive ketones (excluding diaryl/α,β-unsaturated/α-hetero) is 3. The summed E-state index contributed by atoms with van der Waals surface area (Å²) in [6, 6.07) is -0.157. The van der Waals surface area contributed by atoms with Crippen LogP contribution in [0.15, 0.2) is 0 Å². The van der Waals surface area contributed by atoms with E-state index in [4.69, 9.17) is 0 Å². The molecule has 4 nitrogen and oxygen atoms in total. The fraction of sp³-hybridized carbons (Fsp3) is 0.864. The molecule has 4 aliphatic rings. The van der Waals surface area contributed by atoms with Crippen molar-refractivity contribution in [1.29, 1.82) is 0 Å². The summed E-state index contributed by atoms with van der Waals surface area (Å²) < 4.78 is 0. The van der Waals surface area contributed by atoms with Crippen LogP contribution in [0.1, 0.15) is 72.1 Å². The van der Waals surface area contributed by atoms with Crippen LogP contribution < -0.4 is 5.32 Å². The monoisotopic (exact) mass is 359 g/mol. The lowest BCUT2D eigenvalue weighted by Crippen LogP contribution is -2.56. The third kappa shape index (κ3) is 2.63. The molecule has 4 aliphatic carbocycles. The molecule has 0 unspecified atom stereocenters. The highest BCUT2D eigenvalue weighted by atomic mass is 16.1. The normalized spacial score (nSPS) is 47.9. The first-order valence-corrected chi connectivity index (χ1v) is 10.5. The van der Waals surface area contributed by atoms with Gasteiger partial charge in [-0.1, -0.05) is 13.8 Å². The molecule has 0 amide bonds. The highest BCUT2D eigenvalue weighted by Crippen LogP contribution is 2.65. The van der Waals surface area contributed by atoms with Crippen molar-refractivity contribution >= 4 is 17.3 Å². The Balaban J connectivity index is 1.58. The Morgan fingerprint density at radius 2 is 1.81 bits per heavy atom. The average Bonchev–Trinajstić information content (AvgIpc) is 2.83. The fourth-order valence-corrected chi connectivity index (χ4v) is 7.43. The first-order chi connectivity index (χ1) is 12.3. The minimum absolute atomic E-state index is 0.0125. The minimum atomic E-state index is -0.157. The number of rotatable bonds is 3. The zero-order valence-corrected chi connectivity index (χ0v) is 16.5. The highest BCUT2D eigenvalue weighted by Gasteiger charge is 2.62. The summed E-state index contributed by atoms with van der Waals surface area (Å²) in [5.74, 6) is 3.12. The van der Waals surface area contributed by atoms with Gasteiger partial charge in [0.2, 0.25) is 0 Å². The average molecular weight is 360 g/mol. The summed E-state index contributed by atoms with van der Waals surface area (Å²) in [5.41, 5.74) is 0.271. The molecule has 0 bridgehead atoms. The standard InChI is InChI=1S/C22H33NO3/c1-13(24)12-23-20-19(26)11-18-16-5-4-14-10-15(25)6-8-21(14,2)17(16)7-9-22(18,20)3/h14,16-18,20,23H,4-12H2,1-3H3/t14-,16+,17-,18-,20-,21-,22-/m0/s1. The molecule has 4 rings (SSSR count). The van der Waals surface area contributed by atoms with Gasteiger partial charge < -0.3 is 5.32 Å². The first-order valence-electron chi connectivity index (χ1n) is 10.5. The number of carbonyl (C=O) groups is 3. The maximum atomic E-state index is 12.8. The molecule has 0 aromatic heterocycles. The van der Waals surface area contributed by atoms with E-state index in [9.17, 15) is 14.4 Å². The van der Waals surface area contributed by atoms with Gasteiger partial charge in [-0.25, -0.2) is 0 Å². The van der Waals surface area contributed by atoms with Crippen LogP contribution in [0.25, 0.3) is 0 Å². The molecule has 0 aromatic carbocycles. The third-order valence-electron chi connectivity index (χ3n) is 8.88. The van der Waals surface area contributed by atoms with E-state index >= 15 is 0 Å². The largest absolute Gasteiger partial charge is 0.300 e. The predicted molar refractivity (Wildman–Crippen MR) is 99.6 cm³/mol. The Kier molecular flexibility index (Phi) is 4.41. The molecule has 7 atom stereocenters. The Morgan fingerprint density at radius 1 is 1.04 bits per heavy atom. The molecule has 4 fully saturated rings. The summed E-state index contributed by atoms with van der Waals surface area (Å²) in [4.78, 5) is 36.2. The smallest absolute Gasteiger partial charge is 0.150 e. The lowest BCUT2D eigenvalue weighted by molar-refractivity contribution is -0.138. The number of nitrogens with one attached hydrogen (secondary N) is 1. The van der Waals surface area contributed by atoms with Gasteiger partial charge in [0, 0.05) is 19.3 Å². The second-order valence-electron chi connectivity index (χ2n) is 10.1. The van der Waals surface area contributed by atoms with Crippen LogP contribution in [0, 0.1) is 34.5 Å². The molecule has 0 aromatic rings. The maximum Gasteiger partial charge on any atom is 0.150 e. The van der Waals surface area contributed by atoms with E-state index in [0.29, 0.717) is 48.2 Å². The minimum Gasteiger partial charge on any atom is -0.300 e. The van der Waals surface area contributed by atoms with Crippen molar-refractivity contribution in [2.45, 2.75) is 78.2 Å². The van der Waals surface area contributed by atoms with Crippen molar-refractivity contribution in [2.75, 3.05) is 6.54 Å². The van der Waals surface area contributed by atoms with E-state index in [1.807, 2.05) is 0 Å². The van der Waals surface area contributed by atoms with Crippen LogP contribution in [0.3, 0.4) is 0 Å². The van der Waals surface area contributed by atoms with Crippen LogP contribution in [0.4, 0.5) is 0 Å². The Hall–Kier alpha value is -1.03. The number of ketones is 3. The molecule has 0 radical (unpaired) electrons. The van der Waals surface area contributed by atoms with Crippen molar-refractivity contribution in [3.05, 3.63) is 0 Å². The molecule has 0 saturated heterocycles. The SMILES string of the molecule is CC(=O)CN[C@H]1C(=O)C[C@H]2[C@@H]3CC[C@H]4CC(=O)CC[C@]4(C)[C@H]3CC[C@]12C. The number of carbonyl (C=O) groups excluding carboxylic acids is 3. The third-order valence-corrected chi connectivity index (χ3v) is 8.88. The van der Waals surface area contributed by atoms with Crippen LogP contribution >= 0.6 is 0 Å². The van der Waals surface area contributed by atoms with Crippen molar-refractivity contribution in [2.24, 2.45) is 34.5 Å². The predicted octanol–water partition coefficient (Wildman–Crippen LogP) is 3.32. The van der Waals surface area contributed by atoms with E-state index in [2.05, 4.69) is 19.2 Å². The van der Waals surface area contributed by atoms with E-state index in [1.54, 1.807) is 6.92 Å². The van der Waals surface area contributed by atoms with Crippen molar-refractivity contribution in [1.82, 2.24) is 5.32 Å². The van der Waals surface area contributed by atoms with Gasteiger partial charge in [-0.15, -0.1) is 0 Å². The highest BCUT2D eigenvalue weighted by molar-refractivity contribution is 5.89. The number of hydrogen-bond donors (Lipinski definition) is 1. The van der Waals surface area contributed by atoms with Crippen LogP contribution in [0.5, 0.6) is 0 Å². The van der Waals surface area contributed by atoms with Gasteiger partial charge in [-0.3, -0.25) is 14.4 Å².